The summed E-state index contributed by atoms with van der Waals surface area (Å²) in [4.78, 5) is 40.7. The normalized spacial score (nSPS) is 15.1. The van der Waals surface area contributed by atoms with Gasteiger partial charge in [0.05, 0.1) is 0 Å². The number of ether oxygens (including phenoxy) is 1. The van der Waals surface area contributed by atoms with E-state index in [0.29, 0.717) is 38.4 Å². The van der Waals surface area contributed by atoms with Gasteiger partial charge in [-0.3, -0.25) is 9.59 Å². The van der Waals surface area contributed by atoms with Gasteiger partial charge >= 0.3 is 6.09 Å². The van der Waals surface area contributed by atoms with Gasteiger partial charge in [-0.1, -0.05) is 87.4 Å². The van der Waals surface area contributed by atoms with Gasteiger partial charge in [0.25, 0.3) is 0 Å². The molecule has 0 aliphatic carbocycles. The number of carbonyl (C=O) groups excluding carboxylic acids is 3. The Kier molecular flexibility index (Phi) is 14.2. The molecule has 0 spiro atoms. The average Bonchev–Trinajstić information content (AvgIpc) is 3.00. The second-order valence-corrected chi connectivity index (χ2v) is 11.3. The Labute approximate surface area is 246 Å². The Morgan fingerprint density at radius 1 is 0.878 bits per heavy atom. The number of hydrogen-bond donors (Lipinski definition) is 2. The number of benzene rings is 2. The minimum Gasteiger partial charge on any atom is -0.445 e. The molecule has 1 fully saturated rings. The molecule has 1 aliphatic rings. The summed E-state index contributed by atoms with van der Waals surface area (Å²) in [6.45, 7) is 6.32. The molecule has 0 bridgehead atoms. The molecular formula is C34H49N3O4. The topological polar surface area (TPSA) is 87.7 Å². The number of nitrogens with one attached hydrogen (secondary N) is 2. The lowest BCUT2D eigenvalue weighted by molar-refractivity contribution is -0.135. The number of piperidine rings is 1. The Balaban J connectivity index is 1.49. The van der Waals surface area contributed by atoms with Crippen molar-refractivity contribution in [2.75, 3.05) is 19.6 Å². The summed E-state index contributed by atoms with van der Waals surface area (Å²) in [5.41, 5.74) is 2.23. The molecule has 3 amide bonds. The van der Waals surface area contributed by atoms with E-state index in [1.807, 2.05) is 41.3 Å². The fourth-order valence-electron chi connectivity index (χ4n) is 5.49. The molecule has 7 nitrogen and oxygen atoms in total. The molecule has 1 heterocycles. The Bertz CT molecular complexity index is 1040. The number of hydrogen-bond acceptors (Lipinski definition) is 4. The van der Waals surface area contributed by atoms with Crippen molar-refractivity contribution in [1.82, 2.24) is 15.5 Å². The van der Waals surface area contributed by atoms with Crippen molar-refractivity contribution < 1.29 is 19.1 Å². The number of nitrogens with zero attached hydrogens (tertiary/aromatic N) is 1. The molecule has 0 saturated carbocycles. The van der Waals surface area contributed by atoms with E-state index >= 15 is 0 Å². The number of carbonyl (C=O) groups is 3. The highest BCUT2D eigenvalue weighted by molar-refractivity contribution is 5.85. The maximum Gasteiger partial charge on any atom is 0.408 e. The van der Waals surface area contributed by atoms with Gasteiger partial charge in [-0.15, -0.1) is 0 Å². The van der Waals surface area contributed by atoms with Gasteiger partial charge in [0.15, 0.2) is 0 Å². The smallest absolute Gasteiger partial charge is 0.408 e. The van der Waals surface area contributed by atoms with Crippen LogP contribution in [0.1, 0.15) is 82.8 Å². The molecule has 1 aliphatic heterocycles. The number of unbranched alkanes of at least 4 members (excludes halogenated alkanes) is 2. The van der Waals surface area contributed by atoms with Crippen LogP contribution in [-0.4, -0.2) is 48.5 Å². The SMILES string of the molecule is CCCC[C@H](CC)C(=O)NCCCC[C@H](NC(=O)OCc1ccccc1)C(=O)N1CCC(Cc2ccccc2)CC1. The van der Waals surface area contributed by atoms with Gasteiger partial charge < -0.3 is 20.3 Å². The molecular weight excluding hydrogens is 514 g/mol. The first-order valence-corrected chi connectivity index (χ1v) is 15.6. The zero-order chi connectivity index (χ0) is 29.3. The van der Waals surface area contributed by atoms with Crippen LogP contribution in [0.15, 0.2) is 60.7 Å². The third kappa shape index (κ3) is 11.6. The maximum atomic E-state index is 13.6. The summed E-state index contributed by atoms with van der Waals surface area (Å²) in [6.07, 6.45) is 8.24. The Morgan fingerprint density at radius 3 is 2.17 bits per heavy atom. The van der Waals surface area contributed by atoms with Crippen LogP contribution in [0, 0.1) is 11.8 Å². The number of alkyl carbamates (subject to hydrolysis) is 1. The molecule has 224 valence electrons. The largest absolute Gasteiger partial charge is 0.445 e. The number of rotatable bonds is 16. The van der Waals surface area contributed by atoms with Gasteiger partial charge in [0.2, 0.25) is 11.8 Å². The third-order valence-corrected chi connectivity index (χ3v) is 8.08. The first-order chi connectivity index (χ1) is 20.0. The zero-order valence-corrected chi connectivity index (χ0v) is 25.0. The maximum absolute atomic E-state index is 13.6. The second kappa shape index (κ2) is 18.2. The molecule has 3 rings (SSSR count). The highest BCUT2D eigenvalue weighted by Gasteiger charge is 2.29. The Hall–Kier alpha value is -3.35. The predicted molar refractivity (Wildman–Crippen MR) is 163 cm³/mol. The van der Waals surface area contributed by atoms with Gasteiger partial charge in [0.1, 0.15) is 12.6 Å². The summed E-state index contributed by atoms with van der Waals surface area (Å²) < 4.78 is 5.43. The fraction of sp³-hybridized carbons (Fsp3) is 0.559. The molecule has 41 heavy (non-hydrogen) atoms. The molecule has 7 heteroatoms. The van der Waals surface area contributed by atoms with Crippen molar-refractivity contribution in [3.05, 3.63) is 71.8 Å². The number of amides is 3. The minimum atomic E-state index is -0.646. The highest BCUT2D eigenvalue weighted by atomic mass is 16.5. The van der Waals surface area contributed by atoms with Gasteiger partial charge in [0, 0.05) is 25.6 Å². The van der Waals surface area contributed by atoms with Gasteiger partial charge in [-0.25, -0.2) is 4.79 Å². The average molecular weight is 564 g/mol. The minimum absolute atomic E-state index is 0.0468. The molecule has 2 aromatic carbocycles. The first-order valence-electron chi connectivity index (χ1n) is 15.6. The van der Waals surface area contributed by atoms with Crippen LogP contribution in [0.5, 0.6) is 0 Å². The van der Waals surface area contributed by atoms with E-state index in [1.54, 1.807) is 0 Å². The van der Waals surface area contributed by atoms with E-state index in [1.165, 1.54) is 5.56 Å². The lowest BCUT2D eigenvalue weighted by Crippen LogP contribution is -2.51. The second-order valence-electron chi connectivity index (χ2n) is 11.3. The lowest BCUT2D eigenvalue weighted by Gasteiger charge is -2.34. The van der Waals surface area contributed by atoms with E-state index in [2.05, 4.69) is 48.7 Å². The molecule has 0 unspecified atom stereocenters. The summed E-state index contributed by atoms with van der Waals surface area (Å²) >= 11 is 0. The van der Waals surface area contributed by atoms with Crippen LogP contribution in [0.4, 0.5) is 4.79 Å². The monoisotopic (exact) mass is 563 g/mol. The Morgan fingerprint density at radius 2 is 1.54 bits per heavy atom. The fourth-order valence-corrected chi connectivity index (χ4v) is 5.49. The van der Waals surface area contributed by atoms with Crippen molar-refractivity contribution in [2.45, 2.75) is 90.7 Å². The molecule has 0 aromatic heterocycles. The van der Waals surface area contributed by atoms with Crippen molar-refractivity contribution in [3.8, 4) is 0 Å². The molecule has 2 aromatic rings. The predicted octanol–water partition coefficient (Wildman–Crippen LogP) is 6.27. The van der Waals surface area contributed by atoms with Crippen LogP contribution < -0.4 is 10.6 Å². The standard InChI is InChI=1S/C34H49N3O4/c1-3-5-18-30(4-2)32(38)35-22-13-12-19-31(36-34(40)41-26-29-16-10-7-11-17-29)33(39)37-23-20-28(21-24-37)25-27-14-8-6-9-15-27/h6-11,14-17,28,30-31H,3-5,12-13,18-26H2,1-2H3,(H,35,38)(H,36,40)/t30-,31-/m0/s1. The zero-order valence-electron chi connectivity index (χ0n) is 25.0. The van der Waals surface area contributed by atoms with Crippen molar-refractivity contribution in [2.24, 2.45) is 11.8 Å². The van der Waals surface area contributed by atoms with Crippen molar-refractivity contribution in [3.63, 3.8) is 0 Å². The summed E-state index contributed by atoms with van der Waals surface area (Å²) in [6, 6.07) is 19.4. The molecule has 2 N–H and O–H groups in total. The van der Waals surface area contributed by atoms with Crippen molar-refractivity contribution >= 4 is 17.9 Å². The van der Waals surface area contributed by atoms with E-state index in [-0.39, 0.29) is 24.3 Å². The quantitative estimate of drug-likeness (QED) is 0.236. The van der Waals surface area contributed by atoms with E-state index in [4.69, 9.17) is 4.74 Å². The summed E-state index contributed by atoms with van der Waals surface area (Å²) in [7, 11) is 0. The van der Waals surface area contributed by atoms with Crippen LogP contribution in [-0.2, 0) is 27.4 Å². The van der Waals surface area contributed by atoms with Crippen LogP contribution in [0.2, 0.25) is 0 Å². The van der Waals surface area contributed by atoms with Crippen LogP contribution in [0.25, 0.3) is 0 Å². The third-order valence-electron chi connectivity index (χ3n) is 8.08. The molecule has 1 saturated heterocycles. The summed E-state index contributed by atoms with van der Waals surface area (Å²) in [5, 5.41) is 5.91. The van der Waals surface area contributed by atoms with Crippen LogP contribution >= 0.6 is 0 Å². The highest BCUT2D eigenvalue weighted by Crippen LogP contribution is 2.23. The van der Waals surface area contributed by atoms with E-state index < -0.39 is 12.1 Å². The molecule has 0 radical (unpaired) electrons. The van der Waals surface area contributed by atoms with Crippen molar-refractivity contribution in [1.29, 1.82) is 0 Å². The van der Waals surface area contributed by atoms with Crippen LogP contribution in [0.3, 0.4) is 0 Å². The number of likely N-dealkylation sites (tertiary alicyclic amines) is 1. The first kappa shape index (κ1) is 32.2. The van der Waals surface area contributed by atoms with Gasteiger partial charge in [-0.2, -0.15) is 0 Å². The lowest BCUT2D eigenvalue weighted by atomic mass is 9.90. The molecule has 2 atom stereocenters. The summed E-state index contributed by atoms with van der Waals surface area (Å²) in [5.74, 6) is 0.691. The van der Waals surface area contributed by atoms with Gasteiger partial charge in [-0.05, 0) is 68.4 Å². The van der Waals surface area contributed by atoms with E-state index in [0.717, 1.165) is 56.9 Å². The van der Waals surface area contributed by atoms with E-state index in [9.17, 15) is 14.4 Å².